The van der Waals surface area contributed by atoms with Crippen LogP contribution in [0.5, 0.6) is 23.0 Å². The Kier molecular flexibility index (Phi) is 9.33. The number of pyridine rings is 1. The predicted octanol–water partition coefficient (Wildman–Crippen LogP) is 6.14. The van der Waals surface area contributed by atoms with E-state index in [1.165, 1.54) is 31.5 Å². The first-order valence-electron chi connectivity index (χ1n) is 11.2. The quantitative estimate of drug-likeness (QED) is 0.290. The van der Waals surface area contributed by atoms with Gasteiger partial charge in [-0.05, 0) is 55.0 Å². The lowest BCUT2D eigenvalue weighted by Crippen LogP contribution is -2.28. The lowest BCUT2D eigenvalue weighted by Gasteiger charge is -2.15. The SMILES string of the molecule is COc1cc(CNC(=O)Nc2ccc(OC(F)(F)F)cc2)ccc1OCc1nccc(OCC(F)(F)F)c1C. The van der Waals surface area contributed by atoms with E-state index in [0.29, 0.717) is 28.3 Å². The standard InChI is InChI=1S/C25H23F6N3O5/c1-15-19(32-10-9-20(15)38-14-24(26,27)28)13-37-21-8-3-16(11-22(21)36-2)12-33-23(35)34-17-4-6-18(7-5-17)39-25(29,30)31/h3-11H,12-14H2,1-2H3,(H2,33,34,35). The summed E-state index contributed by atoms with van der Waals surface area (Å²) in [4.78, 5) is 16.3. The number of carbonyl (C=O) groups excluding carboxylic acids is 1. The lowest BCUT2D eigenvalue weighted by molar-refractivity contribution is -0.274. The van der Waals surface area contributed by atoms with Crippen LogP contribution in [0.4, 0.5) is 36.8 Å². The molecule has 1 aromatic heterocycles. The van der Waals surface area contributed by atoms with Gasteiger partial charge in [-0.2, -0.15) is 13.2 Å². The predicted molar refractivity (Wildman–Crippen MR) is 127 cm³/mol. The molecule has 3 aromatic rings. The first-order valence-corrected chi connectivity index (χ1v) is 11.2. The fourth-order valence-corrected chi connectivity index (χ4v) is 3.21. The number of methoxy groups -OCH3 is 1. The van der Waals surface area contributed by atoms with Gasteiger partial charge in [0.2, 0.25) is 0 Å². The first-order chi connectivity index (χ1) is 18.3. The van der Waals surface area contributed by atoms with Gasteiger partial charge in [-0.25, -0.2) is 4.79 Å². The molecule has 0 fully saturated rings. The zero-order valence-corrected chi connectivity index (χ0v) is 20.6. The van der Waals surface area contributed by atoms with Gasteiger partial charge in [0.1, 0.15) is 18.1 Å². The van der Waals surface area contributed by atoms with Crippen LogP contribution in [0.1, 0.15) is 16.8 Å². The number of alkyl halides is 6. The van der Waals surface area contributed by atoms with Crippen molar-refractivity contribution in [2.75, 3.05) is 19.0 Å². The molecule has 0 bridgehead atoms. The second-order valence-corrected chi connectivity index (χ2v) is 7.94. The number of hydrogen-bond donors (Lipinski definition) is 2. The number of benzene rings is 2. The van der Waals surface area contributed by atoms with Gasteiger partial charge in [-0.3, -0.25) is 4.98 Å². The minimum Gasteiger partial charge on any atom is -0.493 e. The normalized spacial score (nSPS) is 11.5. The minimum atomic E-state index is -4.82. The summed E-state index contributed by atoms with van der Waals surface area (Å²) in [5, 5.41) is 5.09. The van der Waals surface area contributed by atoms with Crippen molar-refractivity contribution in [2.45, 2.75) is 32.6 Å². The molecule has 0 aliphatic rings. The molecule has 14 heteroatoms. The number of amides is 2. The van der Waals surface area contributed by atoms with E-state index in [1.807, 2.05) is 0 Å². The van der Waals surface area contributed by atoms with Crippen molar-refractivity contribution in [1.29, 1.82) is 0 Å². The smallest absolute Gasteiger partial charge is 0.493 e. The molecule has 0 unspecified atom stereocenters. The zero-order chi connectivity index (χ0) is 28.6. The second kappa shape index (κ2) is 12.5. The van der Waals surface area contributed by atoms with Crippen molar-refractivity contribution in [1.82, 2.24) is 10.3 Å². The molecule has 2 N–H and O–H groups in total. The van der Waals surface area contributed by atoms with Gasteiger partial charge in [0.15, 0.2) is 18.1 Å². The Bertz CT molecular complexity index is 1270. The van der Waals surface area contributed by atoms with Crippen molar-refractivity contribution in [3.63, 3.8) is 0 Å². The molecule has 3 rings (SSSR count). The molecular weight excluding hydrogens is 536 g/mol. The molecule has 0 aliphatic carbocycles. The summed E-state index contributed by atoms with van der Waals surface area (Å²) in [6.45, 7) is 0.150. The van der Waals surface area contributed by atoms with E-state index in [1.54, 1.807) is 25.1 Å². The number of anilines is 1. The largest absolute Gasteiger partial charge is 0.573 e. The molecule has 2 aromatic carbocycles. The number of ether oxygens (including phenoxy) is 4. The molecule has 39 heavy (non-hydrogen) atoms. The molecule has 1 heterocycles. The monoisotopic (exact) mass is 559 g/mol. The van der Waals surface area contributed by atoms with Crippen LogP contribution in [0.2, 0.25) is 0 Å². The Hall–Kier alpha value is -4.36. The maximum absolute atomic E-state index is 12.5. The van der Waals surface area contributed by atoms with E-state index in [2.05, 4.69) is 20.4 Å². The van der Waals surface area contributed by atoms with Crippen LogP contribution in [-0.2, 0) is 13.2 Å². The van der Waals surface area contributed by atoms with Gasteiger partial charge < -0.3 is 29.6 Å². The van der Waals surface area contributed by atoms with Crippen LogP contribution >= 0.6 is 0 Å². The Balaban J connectivity index is 1.55. The topological polar surface area (TPSA) is 90.9 Å². The van der Waals surface area contributed by atoms with E-state index >= 15 is 0 Å². The molecule has 0 radical (unpaired) electrons. The molecule has 0 saturated carbocycles. The molecule has 0 saturated heterocycles. The van der Waals surface area contributed by atoms with Gasteiger partial charge in [0.25, 0.3) is 0 Å². The number of aromatic nitrogens is 1. The Morgan fingerprint density at radius 2 is 1.64 bits per heavy atom. The average Bonchev–Trinajstić information content (AvgIpc) is 2.86. The highest BCUT2D eigenvalue weighted by atomic mass is 19.4. The van der Waals surface area contributed by atoms with Crippen LogP contribution in [0.25, 0.3) is 0 Å². The highest BCUT2D eigenvalue weighted by molar-refractivity contribution is 5.89. The molecule has 0 spiro atoms. The molecular formula is C25H23F6N3O5. The summed E-state index contributed by atoms with van der Waals surface area (Å²) in [6.07, 6.45) is -7.97. The second-order valence-electron chi connectivity index (χ2n) is 7.94. The fraction of sp³-hybridized carbons (Fsp3) is 0.280. The number of nitrogens with one attached hydrogen (secondary N) is 2. The summed E-state index contributed by atoms with van der Waals surface area (Å²) in [6, 6.07) is 10.2. The van der Waals surface area contributed by atoms with Gasteiger partial charge in [-0.15, -0.1) is 13.2 Å². The van der Waals surface area contributed by atoms with Crippen molar-refractivity contribution < 1.29 is 50.1 Å². The van der Waals surface area contributed by atoms with Crippen LogP contribution in [-0.4, -0.2) is 37.3 Å². The number of urea groups is 1. The highest BCUT2D eigenvalue weighted by Crippen LogP contribution is 2.30. The van der Waals surface area contributed by atoms with Gasteiger partial charge in [0.05, 0.1) is 12.8 Å². The zero-order valence-electron chi connectivity index (χ0n) is 20.6. The molecule has 0 atom stereocenters. The lowest BCUT2D eigenvalue weighted by atomic mass is 10.2. The average molecular weight is 559 g/mol. The maximum atomic E-state index is 12.5. The summed E-state index contributed by atoms with van der Waals surface area (Å²) in [5.74, 6) is 0.279. The molecule has 8 nitrogen and oxygen atoms in total. The fourth-order valence-electron chi connectivity index (χ4n) is 3.21. The molecule has 210 valence electrons. The number of carbonyl (C=O) groups is 1. The Morgan fingerprint density at radius 1 is 0.923 bits per heavy atom. The van der Waals surface area contributed by atoms with Crippen LogP contribution < -0.4 is 29.6 Å². The minimum absolute atomic E-state index is 0.0400. The van der Waals surface area contributed by atoms with Crippen molar-refractivity contribution in [3.05, 3.63) is 71.5 Å². The Morgan fingerprint density at radius 3 is 2.28 bits per heavy atom. The maximum Gasteiger partial charge on any atom is 0.573 e. The van der Waals surface area contributed by atoms with E-state index in [0.717, 1.165) is 12.1 Å². The summed E-state index contributed by atoms with van der Waals surface area (Å²) < 4.78 is 93.8. The molecule has 0 aliphatic heterocycles. The number of halogens is 6. The third-order valence-electron chi connectivity index (χ3n) is 5.04. The van der Waals surface area contributed by atoms with Crippen molar-refractivity contribution >= 4 is 11.7 Å². The van der Waals surface area contributed by atoms with E-state index in [-0.39, 0.29) is 24.6 Å². The van der Waals surface area contributed by atoms with Gasteiger partial charge in [0, 0.05) is 24.0 Å². The van der Waals surface area contributed by atoms with Gasteiger partial charge >= 0.3 is 18.6 Å². The number of hydrogen-bond acceptors (Lipinski definition) is 6. The first kappa shape index (κ1) is 29.2. The highest BCUT2D eigenvalue weighted by Gasteiger charge is 2.31. The summed E-state index contributed by atoms with van der Waals surface area (Å²) in [5.41, 5.74) is 1.66. The van der Waals surface area contributed by atoms with Gasteiger partial charge in [-0.1, -0.05) is 6.07 Å². The number of rotatable bonds is 10. The van der Waals surface area contributed by atoms with Crippen LogP contribution in [0.15, 0.2) is 54.7 Å². The third kappa shape index (κ3) is 9.47. The van der Waals surface area contributed by atoms with Crippen LogP contribution in [0.3, 0.4) is 0 Å². The van der Waals surface area contributed by atoms with E-state index < -0.39 is 30.9 Å². The summed E-state index contributed by atoms with van der Waals surface area (Å²) in [7, 11) is 1.41. The Labute approximate surface area is 218 Å². The van der Waals surface area contributed by atoms with E-state index in [9.17, 15) is 31.1 Å². The number of nitrogens with zero attached hydrogens (tertiary/aromatic N) is 1. The van der Waals surface area contributed by atoms with Crippen LogP contribution in [0, 0.1) is 6.92 Å². The third-order valence-corrected chi connectivity index (χ3v) is 5.04. The summed E-state index contributed by atoms with van der Waals surface area (Å²) >= 11 is 0. The van der Waals surface area contributed by atoms with Crippen molar-refractivity contribution in [2.24, 2.45) is 0 Å². The van der Waals surface area contributed by atoms with Crippen molar-refractivity contribution in [3.8, 4) is 23.0 Å². The van der Waals surface area contributed by atoms with E-state index in [4.69, 9.17) is 14.2 Å². The molecule has 2 amide bonds.